The summed E-state index contributed by atoms with van der Waals surface area (Å²) in [5.41, 5.74) is 0.663. The van der Waals surface area contributed by atoms with Gasteiger partial charge in [-0.25, -0.2) is 9.59 Å². The van der Waals surface area contributed by atoms with Crippen LogP contribution in [0, 0.1) is 0 Å². The van der Waals surface area contributed by atoms with Gasteiger partial charge >= 0.3 is 10.9 Å². The predicted octanol–water partition coefficient (Wildman–Crippen LogP) is 4.38. The van der Waals surface area contributed by atoms with Gasteiger partial charge < -0.3 is 9.15 Å². The fraction of sp³-hybridized carbons (Fsp3) is 0. The minimum atomic E-state index is -0.605. The molecule has 7 heteroatoms. The first-order chi connectivity index (χ1) is 10.0. The van der Waals surface area contributed by atoms with E-state index in [1.807, 2.05) is 0 Å². The molecule has 0 aliphatic carbocycles. The second kappa shape index (κ2) is 5.52. The fourth-order valence-electron chi connectivity index (χ4n) is 1.73. The molecule has 0 fully saturated rings. The van der Waals surface area contributed by atoms with E-state index < -0.39 is 10.9 Å². The van der Waals surface area contributed by atoms with E-state index in [-0.39, 0.29) is 10.6 Å². The van der Waals surface area contributed by atoms with Crippen LogP contribution >= 0.6 is 34.5 Å². The van der Waals surface area contributed by atoms with Crippen LogP contribution in [0.3, 0.4) is 0 Å². The van der Waals surface area contributed by atoms with Crippen molar-refractivity contribution in [1.29, 1.82) is 0 Å². The lowest BCUT2D eigenvalue weighted by molar-refractivity contribution is 0.0735. The van der Waals surface area contributed by atoms with E-state index in [4.69, 9.17) is 32.4 Å². The zero-order chi connectivity index (χ0) is 15.0. The fourth-order valence-corrected chi connectivity index (χ4v) is 2.92. The monoisotopic (exact) mass is 340 g/mol. The molecule has 0 N–H and O–H groups in total. The number of halogens is 2. The standard InChI is InChI=1S/C14H6Cl2O4S/c15-7-1-3-9(10(16)5-7)13(17)19-8-2-4-11-12(6-8)21-14(18)20-11/h1-6H. The maximum Gasteiger partial charge on any atom is 0.396 e. The van der Waals surface area contributed by atoms with Crippen LogP contribution in [0.25, 0.3) is 10.3 Å². The average molecular weight is 341 g/mol. The van der Waals surface area contributed by atoms with Gasteiger partial charge in [-0.15, -0.1) is 0 Å². The number of carbonyl (C=O) groups excluding carboxylic acids is 1. The molecule has 0 saturated heterocycles. The number of esters is 1. The van der Waals surface area contributed by atoms with Crippen molar-refractivity contribution in [2.75, 3.05) is 0 Å². The second-order valence-corrected chi connectivity index (χ2v) is 5.90. The van der Waals surface area contributed by atoms with Crippen LogP contribution in [-0.4, -0.2) is 5.97 Å². The van der Waals surface area contributed by atoms with Crippen LogP contribution in [0.4, 0.5) is 0 Å². The van der Waals surface area contributed by atoms with Gasteiger partial charge in [0.2, 0.25) is 0 Å². The topological polar surface area (TPSA) is 56.5 Å². The van der Waals surface area contributed by atoms with Crippen molar-refractivity contribution >= 4 is 50.8 Å². The van der Waals surface area contributed by atoms with Crippen molar-refractivity contribution < 1.29 is 13.9 Å². The van der Waals surface area contributed by atoms with Crippen LogP contribution in [0.15, 0.2) is 45.6 Å². The number of fused-ring (bicyclic) bond motifs is 1. The number of hydrogen-bond donors (Lipinski definition) is 0. The Morgan fingerprint density at radius 1 is 1.14 bits per heavy atom. The van der Waals surface area contributed by atoms with Gasteiger partial charge in [-0.05, 0) is 30.3 Å². The Labute approximate surface area is 132 Å². The molecule has 4 nitrogen and oxygen atoms in total. The second-order valence-electron chi connectivity index (χ2n) is 4.08. The highest BCUT2D eigenvalue weighted by Crippen LogP contribution is 2.26. The molecule has 0 bridgehead atoms. The van der Waals surface area contributed by atoms with Gasteiger partial charge in [0.25, 0.3) is 0 Å². The molecule has 0 saturated carbocycles. The molecule has 106 valence electrons. The first-order valence-corrected chi connectivity index (χ1v) is 7.31. The van der Waals surface area contributed by atoms with Crippen LogP contribution in [-0.2, 0) is 0 Å². The molecule has 0 spiro atoms. The molecule has 0 radical (unpaired) electrons. The van der Waals surface area contributed by atoms with E-state index in [0.717, 1.165) is 11.3 Å². The third-order valence-corrected chi connectivity index (χ3v) is 4.00. The maximum absolute atomic E-state index is 12.1. The lowest BCUT2D eigenvalue weighted by Crippen LogP contribution is -2.08. The number of hydrogen-bond acceptors (Lipinski definition) is 5. The average Bonchev–Trinajstić information content (AvgIpc) is 2.77. The Morgan fingerprint density at radius 2 is 1.95 bits per heavy atom. The highest BCUT2D eigenvalue weighted by atomic mass is 35.5. The Bertz CT molecular complexity index is 897. The molecule has 1 heterocycles. The van der Waals surface area contributed by atoms with E-state index in [0.29, 0.717) is 21.1 Å². The van der Waals surface area contributed by atoms with Crippen LogP contribution in [0.1, 0.15) is 10.4 Å². The lowest BCUT2D eigenvalue weighted by Gasteiger charge is -2.06. The summed E-state index contributed by atoms with van der Waals surface area (Å²) in [6, 6.07) is 9.17. The number of ether oxygens (including phenoxy) is 1. The van der Waals surface area contributed by atoms with Crippen molar-refractivity contribution in [1.82, 2.24) is 0 Å². The number of carbonyl (C=O) groups is 1. The van der Waals surface area contributed by atoms with Crippen LogP contribution < -0.4 is 9.68 Å². The zero-order valence-corrected chi connectivity index (χ0v) is 12.6. The first-order valence-electron chi connectivity index (χ1n) is 5.74. The molecule has 2 aromatic carbocycles. The molecular weight excluding hydrogens is 335 g/mol. The Hall–Kier alpha value is -1.82. The van der Waals surface area contributed by atoms with Crippen molar-refractivity contribution in [3.63, 3.8) is 0 Å². The van der Waals surface area contributed by atoms with Gasteiger partial charge in [-0.2, -0.15) is 0 Å². The molecule has 0 aliphatic heterocycles. The molecule has 3 rings (SSSR count). The summed E-state index contributed by atoms with van der Waals surface area (Å²) in [6.45, 7) is 0. The Kier molecular flexibility index (Phi) is 3.71. The van der Waals surface area contributed by atoms with E-state index in [1.165, 1.54) is 12.1 Å². The van der Waals surface area contributed by atoms with Crippen molar-refractivity contribution in [2.24, 2.45) is 0 Å². The SMILES string of the molecule is O=C(Oc1ccc2oc(=O)sc2c1)c1ccc(Cl)cc1Cl. The van der Waals surface area contributed by atoms with Gasteiger partial charge in [0, 0.05) is 11.1 Å². The third kappa shape index (κ3) is 2.95. The van der Waals surface area contributed by atoms with E-state index >= 15 is 0 Å². The summed E-state index contributed by atoms with van der Waals surface area (Å²) in [7, 11) is 0. The number of benzene rings is 2. The summed E-state index contributed by atoms with van der Waals surface area (Å²) >= 11 is 12.7. The van der Waals surface area contributed by atoms with E-state index in [1.54, 1.807) is 24.3 Å². The number of rotatable bonds is 2. The normalized spacial score (nSPS) is 10.8. The molecular formula is C14H6Cl2O4S. The largest absolute Gasteiger partial charge is 0.423 e. The minimum absolute atomic E-state index is 0.210. The Morgan fingerprint density at radius 3 is 2.71 bits per heavy atom. The zero-order valence-electron chi connectivity index (χ0n) is 10.3. The van der Waals surface area contributed by atoms with Crippen LogP contribution in [0.2, 0.25) is 10.0 Å². The Balaban J connectivity index is 1.90. The molecule has 0 atom stereocenters. The smallest absolute Gasteiger partial charge is 0.396 e. The van der Waals surface area contributed by atoms with Gasteiger partial charge in [-0.3, -0.25) is 0 Å². The maximum atomic E-state index is 12.1. The molecule has 0 amide bonds. The van der Waals surface area contributed by atoms with E-state index in [2.05, 4.69) is 0 Å². The molecule has 1 aromatic heterocycles. The summed E-state index contributed by atoms with van der Waals surface area (Å²) in [4.78, 5) is 22.8. The third-order valence-electron chi connectivity index (χ3n) is 2.66. The molecule has 21 heavy (non-hydrogen) atoms. The molecule has 0 unspecified atom stereocenters. The van der Waals surface area contributed by atoms with Crippen molar-refractivity contribution in [3.8, 4) is 5.75 Å². The molecule has 0 aliphatic rings. The summed E-state index contributed by atoms with van der Waals surface area (Å²) in [6.07, 6.45) is 0. The van der Waals surface area contributed by atoms with Gasteiger partial charge in [-0.1, -0.05) is 34.5 Å². The predicted molar refractivity (Wildman–Crippen MR) is 81.8 cm³/mol. The summed E-state index contributed by atoms with van der Waals surface area (Å²) in [5, 5.41) is 0.641. The van der Waals surface area contributed by atoms with E-state index in [9.17, 15) is 9.59 Å². The summed E-state index contributed by atoms with van der Waals surface area (Å²) in [5.74, 6) is -0.303. The first kappa shape index (κ1) is 14.1. The summed E-state index contributed by atoms with van der Waals surface area (Å²) < 4.78 is 10.8. The van der Waals surface area contributed by atoms with Gasteiger partial charge in [0.05, 0.1) is 15.3 Å². The van der Waals surface area contributed by atoms with Crippen LogP contribution in [0.5, 0.6) is 5.75 Å². The minimum Gasteiger partial charge on any atom is -0.423 e. The van der Waals surface area contributed by atoms with Gasteiger partial charge in [0.15, 0.2) is 0 Å². The lowest BCUT2D eigenvalue weighted by atomic mass is 10.2. The molecule has 3 aromatic rings. The quantitative estimate of drug-likeness (QED) is 0.513. The van der Waals surface area contributed by atoms with Crippen molar-refractivity contribution in [3.05, 3.63) is 61.7 Å². The van der Waals surface area contributed by atoms with Crippen molar-refractivity contribution in [2.45, 2.75) is 0 Å². The highest BCUT2D eigenvalue weighted by molar-refractivity contribution is 7.16. The highest BCUT2D eigenvalue weighted by Gasteiger charge is 2.14. The van der Waals surface area contributed by atoms with Gasteiger partial charge in [0.1, 0.15) is 11.3 Å².